The molecular formula is C21H25NO4. The van der Waals surface area contributed by atoms with Gasteiger partial charge < -0.3 is 14.1 Å². The van der Waals surface area contributed by atoms with E-state index in [9.17, 15) is 9.59 Å². The number of nitrogens with zero attached hydrogens (tertiary/aromatic N) is 1. The van der Waals surface area contributed by atoms with Crippen molar-refractivity contribution in [2.24, 2.45) is 5.92 Å². The van der Waals surface area contributed by atoms with Crippen LogP contribution in [0.25, 0.3) is 11.0 Å². The topological polar surface area (TPSA) is 59.8 Å². The maximum absolute atomic E-state index is 13.1. The Morgan fingerprint density at radius 1 is 1.12 bits per heavy atom. The Morgan fingerprint density at radius 2 is 1.77 bits per heavy atom. The summed E-state index contributed by atoms with van der Waals surface area (Å²) < 4.78 is 11.1. The molecule has 2 bridgehead atoms. The quantitative estimate of drug-likeness (QED) is 0.727. The van der Waals surface area contributed by atoms with E-state index in [0.717, 1.165) is 23.8 Å². The minimum atomic E-state index is -0.501. The molecule has 26 heavy (non-hydrogen) atoms. The zero-order chi connectivity index (χ0) is 18.5. The van der Waals surface area contributed by atoms with Gasteiger partial charge in [-0.25, -0.2) is 4.79 Å². The van der Waals surface area contributed by atoms with Crippen molar-refractivity contribution in [2.45, 2.75) is 64.1 Å². The Bertz CT molecular complexity index is 833. The summed E-state index contributed by atoms with van der Waals surface area (Å²) in [6.45, 7) is 5.65. The van der Waals surface area contributed by atoms with Crippen molar-refractivity contribution in [1.82, 2.24) is 4.90 Å². The molecule has 1 amide bonds. The number of Topliss-reactive ketones (excluding diaryl/α,β-unsaturated/α-hetero) is 1. The highest BCUT2D eigenvalue weighted by Gasteiger charge is 2.46. The molecule has 0 radical (unpaired) electrons. The Morgan fingerprint density at radius 3 is 2.42 bits per heavy atom. The van der Waals surface area contributed by atoms with Crippen molar-refractivity contribution >= 4 is 22.8 Å². The van der Waals surface area contributed by atoms with Gasteiger partial charge in [0.25, 0.3) is 0 Å². The number of para-hydroxylation sites is 1. The maximum Gasteiger partial charge on any atom is 0.410 e. The smallest absolute Gasteiger partial charge is 0.410 e. The third-order valence-corrected chi connectivity index (χ3v) is 5.45. The van der Waals surface area contributed by atoms with Gasteiger partial charge in [0, 0.05) is 23.4 Å². The molecule has 2 aliphatic rings. The fourth-order valence-corrected chi connectivity index (χ4v) is 4.39. The number of fused-ring (bicyclic) bond motifs is 3. The zero-order valence-electron chi connectivity index (χ0n) is 15.5. The molecule has 2 atom stereocenters. The Kier molecular flexibility index (Phi) is 4.05. The van der Waals surface area contributed by atoms with E-state index in [2.05, 4.69) is 0 Å². The summed E-state index contributed by atoms with van der Waals surface area (Å²) in [6.07, 6.45) is 4.63. The van der Waals surface area contributed by atoms with Gasteiger partial charge in [0.1, 0.15) is 17.4 Å². The van der Waals surface area contributed by atoms with Crippen LogP contribution in [0.3, 0.4) is 0 Å². The molecule has 0 spiro atoms. The molecule has 5 heteroatoms. The van der Waals surface area contributed by atoms with Crippen molar-refractivity contribution < 1.29 is 18.7 Å². The number of hydrogen-bond acceptors (Lipinski definition) is 4. The number of furan rings is 1. The molecule has 1 aromatic carbocycles. The molecule has 3 heterocycles. The monoisotopic (exact) mass is 355 g/mol. The molecule has 0 aliphatic carbocycles. The molecule has 2 aromatic rings. The summed E-state index contributed by atoms with van der Waals surface area (Å²) in [4.78, 5) is 27.5. The number of carbonyl (C=O) groups is 2. The zero-order valence-corrected chi connectivity index (χ0v) is 15.5. The van der Waals surface area contributed by atoms with Crippen LogP contribution in [0, 0.1) is 5.92 Å². The van der Waals surface area contributed by atoms with E-state index in [-0.39, 0.29) is 29.9 Å². The first kappa shape index (κ1) is 17.1. The van der Waals surface area contributed by atoms with Crippen molar-refractivity contribution in [3.8, 4) is 0 Å². The van der Waals surface area contributed by atoms with Gasteiger partial charge in [-0.1, -0.05) is 18.2 Å². The van der Waals surface area contributed by atoms with Gasteiger partial charge in [-0.05, 0) is 52.5 Å². The standard InChI is InChI=1S/C21H25NO4/c1-21(2,3)26-20(24)22-14-8-9-15(22)11-13(10-14)19(23)17-12-25-18-7-5-4-6-16(17)18/h4-7,12-15H,8-11H2,1-3H3. The molecular weight excluding hydrogens is 330 g/mol. The second-order valence-electron chi connectivity index (χ2n) is 8.45. The van der Waals surface area contributed by atoms with E-state index < -0.39 is 5.60 Å². The number of benzene rings is 1. The lowest BCUT2D eigenvalue weighted by Gasteiger charge is -2.39. The fraction of sp³-hybridized carbons (Fsp3) is 0.524. The predicted molar refractivity (Wildman–Crippen MR) is 98.2 cm³/mol. The van der Waals surface area contributed by atoms with Crippen LogP contribution >= 0.6 is 0 Å². The minimum absolute atomic E-state index is 0.0628. The Balaban J connectivity index is 1.52. The van der Waals surface area contributed by atoms with E-state index in [1.807, 2.05) is 49.9 Å². The number of piperidine rings is 1. The largest absolute Gasteiger partial charge is 0.464 e. The van der Waals surface area contributed by atoms with E-state index in [1.165, 1.54) is 0 Å². The van der Waals surface area contributed by atoms with Crippen LogP contribution in [-0.2, 0) is 4.74 Å². The number of rotatable bonds is 2. The minimum Gasteiger partial charge on any atom is -0.464 e. The molecule has 4 rings (SSSR count). The number of carbonyl (C=O) groups excluding carboxylic acids is 2. The molecule has 1 aromatic heterocycles. The van der Waals surface area contributed by atoms with Gasteiger partial charge in [0.2, 0.25) is 0 Å². The lowest BCUT2D eigenvalue weighted by molar-refractivity contribution is 0.00254. The maximum atomic E-state index is 13.1. The van der Waals surface area contributed by atoms with Gasteiger partial charge in [0.05, 0.1) is 5.56 Å². The summed E-state index contributed by atoms with van der Waals surface area (Å²) in [5.74, 6) is 0.0721. The average molecular weight is 355 g/mol. The number of ketones is 1. The third kappa shape index (κ3) is 3.00. The highest BCUT2D eigenvalue weighted by Crippen LogP contribution is 2.41. The second kappa shape index (κ2) is 6.15. The first-order valence-electron chi connectivity index (χ1n) is 9.35. The van der Waals surface area contributed by atoms with Gasteiger partial charge in [-0.3, -0.25) is 4.79 Å². The normalized spacial score (nSPS) is 25.5. The molecule has 0 N–H and O–H groups in total. The van der Waals surface area contributed by atoms with E-state index in [4.69, 9.17) is 9.15 Å². The van der Waals surface area contributed by atoms with Crippen LogP contribution in [0.5, 0.6) is 0 Å². The first-order chi connectivity index (χ1) is 12.3. The van der Waals surface area contributed by atoms with E-state index in [0.29, 0.717) is 18.4 Å². The number of hydrogen-bond donors (Lipinski definition) is 0. The lowest BCUT2D eigenvalue weighted by atomic mass is 9.85. The molecule has 138 valence electrons. The third-order valence-electron chi connectivity index (χ3n) is 5.45. The SMILES string of the molecule is CC(C)(C)OC(=O)N1C2CCC1CC(C(=O)c1coc3ccccc13)C2. The summed E-state index contributed by atoms with van der Waals surface area (Å²) in [5.41, 5.74) is 0.902. The van der Waals surface area contributed by atoms with Crippen molar-refractivity contribution in [2.75, 3.05) is 0 Å². The summed E-state index contributed by atoms with van der Waals surface area (Å²) >= 11 is 0. The van der Waals surface area contributed by atoms with E-state index in [1.54, 1.807) is 6.26 Å². The van der Waals surface area contributed by atoms with E-state index >= 15 is 0 Å². The van der Waals surface area contributed by atoms with Gasteiger partial charge >= 0.3 is 6.09 Å². The number of ether oxygens (including phenoxy) is 1. The van der Waals surface area contributed by atoms with Crippen molar-refractivity contribution in [3.63, 3.8) is 0 Å². The van der Waals surface area contributed by atoms with Crippen molar-refractivity contribution in [3.05, 3.63) is 36.1 Å². The average Bonchev–Trinajstić information content (AvgIpc) is 3.11. The van der Waals surface area contributed by atoms with Crippen LogP contribution in [0.1, 0.15) is 56.8 Å². The van der Waals surface area contributed by atoms with Gasteiger partial charge in [-0.2, -0.15) is 0 Å². The molecule has 0 saturated carbocycles. The summed E-state index contributed by atoms with van der Waals surface area (Å²) in [7, 11) is 0. The van der Waals surface area contributed by atoms with Gasteiger partial charge in [-0.15, -0.1) is 0 Å². The molecule has 2 unspecified atom stereocenters. The van der Waals surface area contributed by atoms with Gasteiger partial charge in [0.15, 0.2) is 5.78 Å². The summed E-state index contributed by atoms with van der Waals surface area (Å²) in [5, 5.41) is 0.874. The van der Waals surface area contributed by atoms with Crippen molar-refractivity contribution in [1.29, 1.82) is 0 Å². The highest BCUT2D eigenvalue weighted by atomic mass is 16.6. The Hall–Kier alpha value is -2.30. The second-order valence-corrected chi connectivity index (χ2v) is 8.45. The molecule has 5 nitrogen and oxygen atoms in total. The fourth-order valence-electron chi connectivity index (χ4n) is 4.39. The van der Waals surface area contributed by atoms with Crippen LogP contribution in [0.4, 0.5) is 4.79 Å². The highest BCUT2D eigenvalue weighted by molar-refractivity contribution is 6.08. The van der Waals surface area contributed by atoms with Crippen LogP contribution in [0.15, 0.2) is 34.9 Å². The first-order valence-corrected chi connectivity index (χ1v) is 9.35. The van der Waals surface area contributed by atoms with Crippen LogP contribution in [0.2, 0.25) is 0 Å². The molecule has 2 saturated heterocycles. The lowest BCUT2D eigenvalue weighted by Crippen LogP contribution is -2.49. The Labute approximate surface area is 153 Å². The number of amides is 1. The van der Waals surface area contributed by atoms with Crippen LogP contribution in [-0.4, -0.2) is 34.5 Å². The summed E-state index contributed by atoms with van der Waals surface area (Å²) in [6, 6.07) is 7.81. The van der Waals surface area contributed by atoms with Crippen LogP contribution < -0.4 is 0 Å². The predicted octanol–water partition coefficient (Wildman–Crippen LogP) is 4.79. The molecule has 2 aliphatic heterocycles. The molecule has 2 fully saturated rings.